The van der Waals surface area contributed by atoms with Crippen LogP contribution in [0.15, 0.2) is 41.9 Å². The lowest BCUT2D eigenvalue weighted by Gasteiger charge is -2.22. The zero-order valence-corrected chi connectivity index (χ0v) is 15.4. The van der Waals surface area contributed by atoms with Crippen LogP contribution in [0.4, 0.5) is 10.9 Å². The molecule has 1 fully saturated rings. The van der Waals surface area contributed by atoms with E-state index in [2.05, 4.69) is 15.3 Å². The lowest BCUT2D eigenvalue weighted by atomic mass is 10.1. The zero-order chi connectivity index (χ0) is 17.6. The molecule has 1 unspecified atom stereocenters. The summed E-state index contributed by atoms with van der Waals surface area (Å²) in [7, 11) is 3.97. The van der Waals surface area contributed by atoms with E-state index in [0.29, 0.717) is 0 Å². The van der Waals surface area contributed by atoms with Crippen LogP contribution < -0.4 is 5.32 Å². The van der Waals surface area contributed by atoms with Crippen LogP contribution in [0.5, 0.6) is 0 Å². The highest BCUT2D eigenvalue weighted by Crippen LogP contribution is 2.34. The van der Waals surface area contributed by atoms with Crippen LogP contribution in [0.25, 0.3) is 0 Å². The standard InChI is InChI=1S/C18H23N5OS/c1-22(2)11-6-9-17(24)23-12-5-7-15(23)14-13-25-18(20-14)21-16-8-3-4-10-19-16/h3-4,6,8-10,13,15H,5,7,11-12H2,1-2H3,(H,19,20,21)/b9-6+. The Labute approximate surface area is 152 Å². The second-order valence-corrected chi connectivity index (χ2v) is 7.13. The van der Waals surface area contributed by atoms with Crippen molar-refractivity contribution < 1.29 is 4.79 Å². The molecule has 1 atom stereocenters. The molecule has 25 heavy (non-hydrogen) atoms. The Bertz CT molecular complexity index is 728. The Balaban J connectivity index is 1.66. The predicted molar refractivity (Wildman–Crippen MR) is 101 cm³/mol. The summed E-state index contributed by atoms with van der Waals surface area (Å²) < 4.78 is 0. The number of pyridine rings is 1. The van der Waals surface area contributed by atoms with E-state index < -0.39 is 0 Å². The molecule has 0 aromatic carbocycles. The maximum absolute atomic E-state index is 12.5. The van der Waals surface area contributed by atoms with Gasteiger partial charge in [-0.1, -0.05) is 12.1 Å². The summed E-state index contributed by atoms with van der Waals surface area (Å²) in [6.07, 6.45) is 7.30. The van der Waals surface area contributed by atoms with Gasteiger partial charge in [-0.25, -0.2) is 9.97 Å². The lowest BCUT2D eigenvalue weighted by molar-refractivity contribution is -0.127. The van der Waals surface area contributed by atoms with Gasteiger partial charge in [-0.05, 0) is 39.1 Å². The van der Waals surface area contributed by atoms with Gasteiger partial charge in [-0.2, -0.15) is 0 Å². The number of carbonyl (C=O) groups is 1. The van der Waals surface area contributed by atoms with Crippen molar-refractivity contribution in [3.63, 3.8) is 0 Å². The number of likely N-dealkylation sites (tertiary alicyclic amines) is 1. The van der Waals surface area contributed by atoms with E-state index in [9.17, 15) is 4.79 Å². The van der Waals surface area contributed by atoms with Crippen LogP contribution in [-0.2, 0) is 4.79 Å². The van der Waals surface area contributed by atoms with E-state index >= 15 is 0 Å². The molecule has 1 N–H and O–H groups in total. The topological polar surface area (TPSA) is 61.4 Å². The Morgan fingerprint density at radius 2 is 2.36 bits per heavy atom. The van der Waals surface area contributed by atoms with Crippen LogP contribution in [0.1, 0.15) is 24.6 Å². The van der Waals surface area contributed by atoms with Crippen LogP contribution in [0, 0.1) is 0 Å². The van der Waals surface area contributed by atoms with Crippen molar-refractivity contribution >= 4 is 28.2 Å². The van der Waals surface area contributed by atoms with E-state index in [0.717, 1.165) is 42.6 Å². The van der Waals surface area contributed by atoms with E-state index in [4.69, 9.17) is 0 Å². The minimum absolute atomic E-state index is 0.0621. The van der Waals surface area contributed by atoms with E-state index in [-0.39, 0.29) is 11.9 Å². The van der Waals surface area contributed by atoms with Crippen molar-refractivity contribution in [1.29, 1.82) is 0 Å². The van der Waals surface area contributed by atoms with Gasteiger partial charge in [-0.3, -0.25) is 4.79 Å². The molecule has 0 spiro atoms. The number of hydrogen-bond donors (Lipinski definition) is 1. The largest absolute Gasteiger partial charge is 0.331 e. The maximum atomic E-state index is 12.5. The van der Waals surface area contributed by atoms with Gasteiger partial charge in [0, 0.05) is 30.7 Å². The zero-order valence-electron chi connectivity index (χ0n) is 14.6. The van der Waals surface area contributed by atoms with Crippen molar-refractivity contribution in [3.8, 4) is 0 Å². The van der Waals surface area contributed by atoms with Crippen molar-refractivity contribution in [2.45, 2.75) is 18.9 Å². The van der Waals surface area contributed by atoms with Crippen molar-refractivity contribution in [3.05, 3.63) is 47.6 Å². The Morgan fingerprint density at radius 1 is 1.48 bits per heavy atom. The average Bonchev–Trinajstić information content (AvgIpc) is 3.24. The number of nitrogens with one attached hydrogen (secondary N) is 1. The van der Waals surface area contributed by atoms with Crippen molar-refractivity contribution in [1.82, 2.24) is 19.8 Å². The van der Waals surface area contributed by atoms with Crippen molar-refractivity contribution in [2.75, 3.05) is 32.5 Å². The molecule has 1 aliphatic heterocycles. The number of carbonyl (C=O) groups excluding carboxylic acids is 1. The third kappa shape index (κ3) is 4.64. The summed E-state index contributed by atoms with van der Waals surface area (Å²) in [5.74, 6) is 0.839. The summed E-state index contributed by atoms with van der Waals surface area (Å²) in [6.45, 7) is 1.55. The molecule has 6 nitrogen and oxygen atoms in total. The monoisotopic (exact) mass is 357 g/mol. The summed E-state index contributed by atoms with van der Waals surface area (Å²) in [6, 6.07) is 5.78. The number of aromatic nitrogens is 2. The van der Waals surface area contributed by atoms with Gasteiger partial charge in [0.25, 0.3) is 0 Å². The molecule has 1 saturated heterocycles. The first-order chi connectivity index (χ1) is 12.1. The van der Waals surface area contributed by atoms with E-state index in [1.807, 2.05) is 53.6 Å². The molecule has 3 heterocycles. The molecule has 0 bridgehead atoms. The number of thiazole rings is 1. The smallest absolute Gasteiger partial charge is 0.246 e. The number of rotatable bonds is 6. The number of hydrogen-bond acceptors (Lipinski definition) is 6. The number of likely N-dealkylation sites (N-methyl/N-ethyl adjacent to an activating group) is 1. The van der Waals surface area contributed by atoms with Crippen molar-refractivity contribution in [2.24, 2.45) is 0 Å². The van der Waals surface area contributed by atoms with Gasteiger partial charge in [-0.15, -0.1) is 11.3 Å². The van der Waals surface area contributed by atoms with Gasteiger partial charge in [0.2, 0.25) is 5.91 Å². The quantitative estimate of drug-likeness (QED) is 0.805. The first kappa shape index (κ1) is 17.6. The molecule has 7 heteroatoms. The normalized spacial score (nSPS) is 17.6. The molecule has 3 rings (SSSR count). The SMILES string of the molecule is CN(C)C/C=C/C(=O)N1CCCC1c1csc(Nc2ccccn2)n1. The molecule has 0 aliphatic carbocycles. The first-order valence-corrected chi connectivity index (χ1v) is 9.27. The Morgan fingerprint density at radius 3 is 3.12 bits per heavy atom. The van der Waals surface area contributed by atoms with Crippen LogP contribution in [-0.4, -0.2) is 52.9 Å². The highest BCUT2D eigenvalue weighted by molar-refractivity contribution is 7.13. The second kappa shape index (κ2) is 8.22. The highest BCUT2D eigenvalue weighted by Gasteiger charge is 2.30. The molecule has 132 valence electrons. The third-order valence-electron chi connectivity index (χ3n) is 4.03. The molecule has 0 saturated carbocycles. The average molecular weight is 357 g/mol. The molecule has 2 aromatic rings. The molecule has 0 radical (unpaired) electrons. The summed E-state index contributed by atoms with van der Waals surface area (Å²) >= 11 is 1.54. The number of amides is 1. The lowest BCUT2D eigenvalue weighted by Crippen LogP contribution is -2.29. The number of anilines is 2. The van der Waals surface area contributed by atoms with Crippen LogP contribution in [0.2, 0.25) is 0 Å². The first-order valence-electron chi connectivity index (χ1n) is 8.39. The van der Waals surface area contributed by atoms with Crippen LogP contribution >= 0.6 is 11.3 Å². The third-order valence-corrected chi connectivity index (χ3v) is 4.81. The van der Waals surface area contributed by atoms with Crippen LogP contribution in [0.3, 0.4) is 0 Å². The fraction of sp³-hybridized carbons (Fsp3) is 0.389. The predicted octanol–water partition coefficient (Wildman–Crippen LogP) is 3.06. The molecular weight excluding hydrogens is 334 g/mol. The minimum atomic E-state index is 0.0621. The van der Waals surface area contributed by atoms with Gasteiger partial charge in [0.15, 0.2) is 5.13 Å². The molecule has 1 amide bonds. The fourth-order valence-corrected chi connectivity index (χ4v) is 3.60. The Kier molecular flexibility index (Phi) is 5.78. The molecular formula is C18H23N5OS. The summed E-state index contributed by atoms with van der Waals surface area (Å²) in [5.41, 5.74) is 0.954. The fourth-order valence-electron chi connectivity index (χ4n) is 2.84. The van der Waals surface area contributed by atoms with Gasteiger partial charge in [0.05, 0.1) is 11.7 Å². The number of nitrogens with zero attached hydrogens (tertiary/aromatic N) is 4. The van der Waals surface area contributed by atoms with Gasteiger partial charge < -0.3 is 15.1 Å². The van der Waals surface area contributed by atoms with Gasteiger partial charge >= 0.3 is 0 Å². The van der Waals surface area contributed by atoms with E-state index in [1.165, 1.54) is 0 Å². The maximum Gasteiger partial charge on any atom is 0.246 e. The summed E-state index contributed by atoms with van der Waals surface area (Å²) in [4.78, 5) is 25.4. The molecule has 1 aliphatic rings. The second-order valence-electron chi connectivity index (χ2n) is 6.27. The van der Waals surface area contributed by atoms with Gasteiger partial charge in [0.1, 0.15) is 5.82 Å². The minimum Gasteiger partial charge on any atom is -0.331 e. The Hall–Kier alpha value is -2.25. The van der Waals surface area contributed by atoms with E-state index in [1.54, 1.807) is 23.6 Å². The summed E-state index contributed by atoms with van der Waals surface area (Å²) in [5, 5.41) is 6.05. The molecule has 2 aromatic heterocycles. The highest BCUT2D eigenvalue weighted by atomic mass is 32.1.